The summed E-state index contributed by atoms with van der Waals surface area (Å²) < 4.78 is 0. The minimum Gasteiger partial charge on any atom is -0.400 e. The second-order valence-electron chi connectivity index (χ2n) is 2.11. The highest BCUT2D eigenvalue weighted by Gasteiger charge is 2.00. The van der Waals surface area contributed by atoms with Crippen LogP contribution in [-0.2, 0) is 4.79 Å². The van der Waals surface area contributed by atoms with Gasteiger partial charge in [0.05, 0.1) is 6.04 Å². The molecule has 0 saturated carbocycles. The average Bonchev–Trinajstić information content (AvgIpc) is 2.17. The Morgan fingerprint density at radius 2 is 2.00 bits per heavy atom. The lowest BCUT2D eigenvalue weighted by molar-refractivity contribution is -0.109. The van der Waals surface area contributed by atoms with Gasteiger partial charge in [-0.3, -0.25) is 4.79 Å². The summed E-state index contributed by atoms with van der Waals surface area (Å²) in [5.74, 6) is 0. The predicted octanol–water partition coefficient (Wildman–Crippen LogP) is 1.03. The molecule has 0 rings (SSSR count). The highest BCUT2D eigenvalue weighted by molar-refractivity contribution is 5.48. The fraction of sp³-hybridized carbons (Fsp3) is 0.300. The molecular weight excluding hydrogens is 166 g/mol. The van der Waals surface area contributed by atoms with Crippen LogP contribution < -0.4 is 5.32 Å². The molecule has 0 aliphatic heterocycles. The number of carbonyl (C=O) groups is 1. The van der Waals surface area contributed by atoms with Crippen LogP contribution in [0.15, 0.2) is 37.0 Å². The van der Waals surface area contributed by atoms with Crippen molar-refractivity contribution in [2.24, 2.45) is 0 Å². The summed E-state index contributed by atoms with van der Waals surface area (Å²) in [6.45, 7) is 9.04. The lowest BCUT2D eigenvalue weighted by Crippen LogP contribution is -2.25. The monoisotopic (exact) mass is 183 g/mol. The van der Waals surface area contributed by atoms with E-state index in [1.165, 1.54) is 0 Å². The zero-order valence-electron chi connectivity index (χ0n) is 8.16. The van der Waals surface area contributed by atoms with Crippen LogP contribution in [0.1, 0.15) is 6.92 Å². The number of hydrogen-bond acceptors (Lipinski definition) is 2. The van der Waals surface area contributed by atoms with E-state index in [0.29, 0.717) is 6.41 Å². The van der Waals surface area contributed by atoms with Gasteiger partial charge in [0.25, 0.3) is 0 Å². The second-order valence-corrected chi connectivity index (χ2v) is 2.11. The van der Waals surface area contributed by atoms with Crippen LogP contribution in [0, 0.1) is 0 Å². The minimum atomic E-state index is 0.00278. The van der Waals surface area contributed by atoms with Gasteiger partial charge in [-0.25, -0.2) is 0 Å². The Labute approximate surface area is 79.5 Å². The minimum absolute atomic E-state index is 0.00278. The second kappa shape index (κ2) is 10.7. The van der Waals surface area contributed by atoms with Gasteiger partial charge < -0.3 is 10.4 Å². The Balaban J connectivity index is 0. The number of nitrogens with one attached hydrogen (secondary N) is 1. The fourth-order valence-electron chi connectivity index (χ4n) is 0.724. The van der Waals surface area contributed by atoms with Gasteiger partial charge in [-0.05, 0) is 12.5 Å². The molecule has 0 heterocycles. The van der Waals surface area contributed by atoms with Gasteiger partial charge in [0, 0.05) is 7.11 Å². The van der Waals surface area contributed by atoms with E-state index in [-0.39, 0.29) is 6.04 Å². The molecule has 3 heteroatoms. The SMILES string of the molecule is C=C/C=C(\C=C)[C@@H](C)NC=O.CO. The van der Waals surface area contributed by atoms with Gasteiger partial charge in [0.2, 0.25) is 6.41 Å². The van der Waals surface area contributed by atoms with Gasteiger partial charge in [-0.1, -0.05) is 31.4 Å². The number of carbonyl (C=O) groups excluding carboxylic acids is 1. The Hall–Kier alpha value is -1.35. The van der Waals surface area contributed by atoms with Gasteiger partial charge in [-0.15, -0.1) is 0 Å². The van der Waals surface area contributed by atoms with Crippen molar-refractivity contribution in [1.82, 2.24) is 5.32 Å². The molecule has 2 N–H and O–H groups in total. The summed E-state index contributed by atoms with van der Waals surface area (Å²) in [5.41, 5.74) is 0.951. The number of rotatable bonds is 5. The molecular formula is C10H17NO2. The molecule has 13 heavy (non-hydrogen) atoms. The molecule has 0 aliphatic rings. The van der Waals surface area contributed by atoms with E-state index >= 15 is 0 Å². The van der Waals surface area contributed by atoms with Crippen molar-refractivity contribution >= 4 is 6.41 Å². The van der Waals surface area contributed by atoms with Crippen LogP contribution in [0.4, 0.5) is 0 Å². The molecule has 0 aliphatic carbocycles. The molecule has 0 aromatic heterocycles. The van der Waals surface area contributed by atoms with E-state index in [9.17, 15) is 4.79 Å². The largest absolute Gasteiger partial charge is 0.400 e. The number of hydrogen-bond donors (Lipinski definition) is 2. The lowest BCUT2D eigenvalue weighted by atomic mass is 10.1. The maximum absolute atomic E-state index is 10.0. The molecule has 0 fully saturated rings. The third-order valence-corrected chi connectivity index (χ3v) is 1.36. The predicted molar refractivity (Wildman–Crippen MR) is 55.3 cm³/mol. The third-order valence-electron chi connectivity index (χ3n) is 1.36. The van der Waals surface area contributed by atoms with E-state index in [1.54, 1.807) is 12.2 Å². The van der Waals surface area contributed by atoms with Gasteiger partial charge in [0.15, 0.2) is 0 Å². The summed E-state index contributed by atoms with van der Waals surface area (Å²) >= 11 is 0. The quantitative estimate of drug-likeness (QED) is 0.494. The summed E-state index contributed by atoms with van der Waals surface area (Å²) in [7, 11) is 1.00. The maximum atomic E-state index is 10.0. The fourth-order valence-corrected chi connectivity index (χ4v) is 0.724. The van der Waals surface area contributed by atoms with Crippen molar-refractivity contribution < 1.29 is 9.90 Å². The molecule has 0 saturated heterocycles. The van der Waals surface area contributed by atoms with E-state index < -0.39 is 0 Å². The van der Waals surface area contributed by atoms with Crippen LogP contribution in [0.5, 0.6) is 0 Å². The normalized spacial score (nSPS) is 11.8. The number of aliphatic hydroxyl groups excluding tert-OH is 1. The van der Waals surface area contributed by atoms with Crippen molar-refractivity contribution in [3.8, 4) is 0 Å². The summed E-state index contributed by atoms with van der Waals surface area (Å²) in [6, 6.07) is 0.00278. The summed E-state index contributed by atoms with van der Waals surface area (Å²) in [4.78, 5) is 10.0. The molecule has 0 unspecified atom stereocenters. The number of allylic oxidation sites excluding steroid dienone is 2. The molecule has 3 nitrogen and oxygen atoms in total. The number of amides is 1. The lowest BCUT2D eigenvalue weighted by Gasteiger charge is -2.09. The van der Waals surface area contributed by atoms with Gasteiger partial charge in [-0.2, -0.15) is 0 Å². The van der Waals surface area contributed by atoms with Crippen molar-refractivity contribution in [2.45, 2.75) is 13.0 Å². The zero-order valence-corrected chi connectivity index (χ0v) is 8.16. The standard InChI is InChI=1S/C9H13NO.CH4O/c1-4-6-9(5-2)8(3)10-7-11;1-2/h4-8H,1-2H2,3H3,(H,10,11);2H,1H3/b9-6+;/t8-;/m1./s1. The molecule has 1 amide bonds. The summed E-state index contributed by atoms with van der Waals surface area (Å²) in [6.07, 6.45) is 5.85. The zero-order chi connectivity index (χ0) is 10.7. The molecule has 74 valence electrons. The van der Waals surface area contributed by atoms with Crippen LogP contribution in [0.25, 0.3) is 0 Å². The Bertz CT molecular complexity index is 185. The van der Waals surface area contributed by atoms with E-state index in [2.05, 4.69) is 18.5 Å². The van der Waals surface area contributed by atoms with E-state index in [1.807, 2.05) is 13.0 Å². The van der Waals surface area contributed by atoms with Crippen LogP contribution in [-0.4, -0.2) is 24.7 Å². The van der Waals surface area contributed by atoms with Crippen molar-refractivity contribution in [3.63, 3.8) is 0 Å². The molecule has 0 aromatic carbocycles. The first-order chi connectivity index (χ1) is 6.26. The average molecular weight is 183 g/mol. The van der Waals surface area contributed by atoms with Crippen molar-refractivity contribution in [2.75, 3.05) is 7.11 Å². The molecule has 0 aromatic rings. The highest BCUT2D eigenvalue weighted by Crippen LogP contribution is 2.01. The Morgan fingerprint density at radius 1 is 1.46 bits per heavy atom. The van der Waals surface area contributed by atoms with Crippen molar-refractivity contribution in [3.05, 3.63) is 37.0 Å². The van der Waals surface area contributed by atoms with Crippen LogP contribution in [0.2, 0.25) is 0 Å². The molecule has 0 radical (unpaired) electrons. The van der Waals surface area contributed by atoms with E-state index in [0.717, 1.165) is 12.7 Å². The maximum Gasteiger partial charge on any atom is 0.207 e. The molecule has 1 atom stereocenters. The molecule has 0 bridgehead atoms. The summed E-state index contributed by atoms with van der Waals surface area (Å²) in [5, 5.41) is 9.61. The number of aliphatic hydroxyl groups is 1. The Morgan fingerprint density at radius 3 is 2.31 bits per heavy atom. The van der Waals surface area contributed by atoms with Crippen molar-refractivity contribution in [1.29, 1.82) is 0 Å². The van der Waals surface area contributed by atoms with Crippen LogP contribution in [0.3, 0.4) is 0 Å². The smallest absolute Gasteiger partial charge is 0.207 e. The topological polar surface area (TPSA) is 49.3 Å². The third kappa shape index (κ3) is 7.03. The van der Waals surface area contributed by atoms with Gasteiger partial charge >= 0.3 is 0 Å². The van der Waals surface area contributed by atoms with Crippen LogP contribution >= 0.6 is 0 Å². The first-order valence-electron chi connectivity index (χ1n) is 3.85. The molecule has 0 spiro atoms. The van der Waals surface area contributed by atoms with E-state index in [4.69, 9.17) is 5.11 Å². The Kier molecular flexibility index (Phi) is 11.6. The highest BCUT2D eigenvalue weighted by atomic mass is 16.2. The van der Waals surface area contributed by atoms with Gasteiger partial charge in [0.1, 0.15) is 0 Å². The first kappa shape index (κ1) is 14.2. The first-order valence-corrected chi connectivity index (χ1v) is 3.85.